The first-order valence-corrected chi connectivity index (χ1v) is 6.49. The minimum absolute atomic E-state index is 0.348. The van der Waals surface area contributed by atoms with Crippen molar-refractivity contribution in [3.8, 4) is 0 Å². The van der Waals surface area contributed by atoms with E-state index in [1.165, 1.54) is 6.07 Å². The number of benzene rings is 1. The normalized spacial score (nSPS) is 14.6. The fourth-order valence-electron chi connectivity index (χ4n) is 2.01. The maximum Gasteiger partial charge on any atom is 0.129 e. The van der Waals surface area contributed by atoms with Crippen LogP contribution in [0.4, 0.5) is 4.39 Å². The van der Waals surface area contributed by atoms with Crippen LogP contribution in [0.25, 0.3) is 0 Å². The van der Waals surface area contributed by atoms with Gasteiger partial charge in [0.15, 0.2) is 0 Å². The van der Waals surface area contributed by atoms with Crippen LogP contribution < -0.4 is 0 Å². The second-order valence-corrected chi connectivity index (χ2v) is 5.26. The van der Waals surface area contributed by atoms with Gasteiger partial charge in [-0.2, -0.15) is 0 Å². The van der Waals surface area contributed by atoms with Crippen molar-refractivity contribution in [1.82, 2.24) is 0 Å². The maximum absolute atomic E-state index is 13.8. The molecule has 0 saturated carbocycles. The number of hydrogen-bond acceptors (Lipinski definition) is 2. The van der Waals surface area contributed by atoms with E-state index >= 15 is 0 Å². The first-order chi connectivity index (χ1) is 8.08. The van der Waals surface area contributed by atoms with Gasteiger partial charge in [0.05, 0.1) is 0 Å². The summed E-state index contributed by atoms with van der Waals surface area (Å²) >= 11 is 1.56. The molecule has 1 atom stereocenters. The second kappa shape index (κ2) is 4.59. The lowest BCUT2D eigenvalue weighted by Crippen LogP contribution is -2.27. The van der Waals surface area contributed by atoms with Crippen molar-refractivity contribution in [3.63, 3.8) is 0 Å². The zero-order valence-electron chi connectivity index (χ0n) is 9.90. The van der Waals surface area contributed by atoms with E-state index in [1.807, 2.05) is 25.3 Å². The van der Waals surface area contributed by atoms with Gasteiger partial charge in [-0.25, -0.2) is 4.39 Å². The minimum Gasteiger partial charge on any atom is -0.380 e. The van der Waals surface area contributed by atoms with Crippen LogP contribution in [-0.2, 0) is 5.60 Å². The van der Waals surface area contributed by atoms with Crippen LogP contribution in [0.3, 0.4) is 0 Å². The maximum atomic E-state index is 13.8. The zero-order valence-corrected chi connectivity index (χ0v) is 10.7. The summed E-state index contributed by atoms with van der Waals surface area (Å²) in [6.07, 6.45) is 0.449. The molecule has 0 saturated heterocycles. The number of rotatable bonds is 3. The molecule has 0 aliphatic rings. The van der Waals surface area contributed by atoms with Gasteiger partial charge in [-0.3, -0.25) is 0 Å². The van der Waals surface area contributed by atoms with Crippen LogP contribution in [0, 0.1) is 12.7 Å². The lowest BCUT2D eigenvalue weighted by atomic mass is 9.85. The van der Waals surface area contributed by atoms with Gasteiger partial charge in [-0.05, 0) is 36.4 Å². The quantitative estimate of drug-likeness (QED) is 0.877. The molecule has 1 N–H and O–H groups in total. The van der Waals surface area contributed by atoms with E-state index in [-0.39, 0.29) is 5.82 Å². The largest absolute Gasteiger partial charge is 0.380 e. The number of hydrogen-bond donors (Lipinski definition) is 1. The topological polar surface area (TPSA) is 20.2 Å². The highest BCUT2D eigenvalue weighted by molar-refractivity contribution is 7.10. The molecule has 0 aliphatic heterocycles. The van der Waals surface area contributed by atoms with Crippen LogP contribution in [-0.4, -0.2) is 5.11 Å². The van der Waals surface area contributed by atoms with Crippen molar-refractivity contribution in [1.29, 1.82) is 0 Å². The number of halogens is 1. The Bertz CT molecular complexity index is 520. The third kappa shape index (κ3) is 2.13. The molecule has 0 radical (unpaired) electrons. The first kappa shape index (κ1) is 12.3. The molecule has 1 nitrogen and oxygen atoms in total. The molecule has 1 aromatic carbocycles. The van der Waals surface area contributed by atoms with E-state index in [1.54, 1.807) is 29.5 Å². The number of aliphatic hydroxyl groups is 1. The van der Waals surface area contributed by atoms with E-state index < -0.39 is 5.60 Å². The van der Waals surface area contributed by atoms with Gasteiger partial charge in [-0.15, -0.1) is 11.3 Å². The summed E-state index contributed by atoms with van der Waals surface area (Å²) in [4.78, 5) is 1.11. The summed E-state index contributed by atoms with van der Waals surface area (Å²) < 4.78 is 13.8. The monoisotopic (exact) mass is 250 g/mol. The Labute approximate surface area is 105 Å². The predicted octanol–water partition coefficient (Wildman–Crippen LogP) is 3.84. The van der Waals surface area contributed by atoms with Gasteiger partial charge in [0.1, 0.15) is 11.4 Å². The lowest BCUT2D eigenvalue weighted by Gasteiger charge is -2.27. The Morgan fingerprint density at radius 3 is 2.59 bits per heavy atom. The molecule has 0 amide bonds. The molecule has 1 heterocycles. The number of thiophene rings is 1. The van der Waals surface area contributed by atoms with Gasteiger partial charge < -0.3 is 5.11 Å². The number of aryl methyl sites for hydroxylation is 1. The molecule has 2 rings (SSSR count). The molecule has 2 aromatic rings. The van der Waals surface area contributed by atoms with E-state index in [0.29, 0.717) is 12.0 Å². The molecule has 1 unspecified atom stereocenters. The summed E-state index contributed by atoms with van der Waals surface area (Å²) in [6.45, 7) is 3.84. The first-order valence-electron chi connectivity index (χ1n) is 5.61. The molecule has 0 bridgehead atoms. The van der Waals surface area contributed by atoms with Crippen LogP contribution in [0.1, 0.15) is 29.3 Å². The van der Waals surface area contributed by atoms with Crippen LogP contribution in [0.15, 0.2) is 35.7 Å². The Morgan fingerprint density at radius 2 is 2.06 bits per heavy atom. The Morgan fingerprint density at radius 1 is 1.35 bits per heavy atom. The molecule has 17 heavy (non-hydrogen) atoms. The molecular weight excluding hydrogens is 235 g/mol. The Hall–Kier alpha value is -1.19. The highest BCUT2D eigenvalue weighted by atomic mass is 32.1. The fourth-order valence-corrected chi connectivity index (χ4v) is 2.78. The van der Waals surface area contributed by atoms with Gasteiger partial charge in [0, 0.05) is 10.4 Å². The molecule has 0 aliphatic carbocycles. The van der Waals surface area contributed by atoms with E-state index in [4.69, 9.17) is 0 Å². The molecular formula is C14H15FOS. The summed E-state index contributed by atoms with van der Waals surface area (Å²) in [5, 5.41) is 12.6. The summed E-state index contributed by atoms with van der Waals surface area (Å²) in [7, 11) is 0. The fraction of sp³-hybridized carbons (Fsp3) is 0.286. The predicted molar refractivity (Wildman–Crippen MR) is 68.7 cm³/mol. The van der Waals surface area contributed by atoms with Crippen LogP contribution in [0.2, 0.25) is 0 Å². The Kier molecular flexibility index (Phi) is 3.31. The zero-order chi connectivity index (χ0) is 12.5. The summed E-state index contributed by atoms with van der Waals surface area (Å²) in [5.41, 5.74) is -0.108. The highest BCUT2D eigenvalue weighted by Crippen LogP contribution is 2.36. The lowest BCUT2D eigenvalue weighted by molar-refractivity contribution is 0.0730. The van der Waals surface area contributed by atoms with Crippen molar-refractivity contribution >= 4 is 11.3 Å². The van der Waals surface area contributed by atoms with Crippen LogP contribution in [0.5, 0.6) is 0 Å². The Balaban J connectivity index is 2.55. The summed E-state index contributed by atoms with van der Waals surface area (Å²) in [5.74, 6) is -0.360. The van der Waals surface area contributed by atoms with Crippen molar-refractivity contribution in [3.05, 3.63) is 57.5 Å². The van der Waals surface area contributed by atoms with Crippen molar-refractivity contribution in [2.75, 3.05) is 0 Å². The average molecular weight is 250 g/mol. The van der Waals surface area contributed by atoms with Gasteiger partial charge in [-0.1, -0.05) is 25.1 Å². The van der Waals surface area contributed by atoms with Gasteiger partial charge >= 0.3 is 0 Å². The molecule has 0 spiro atoms. The average Bonchev–Trinajstić information content (AvgIpc) is 2.76. The van der Waals surface area contributed by atoms with E-state index in [0.717, 1.165) is 10.4 Å². The van der Waals surface area contributed by atoms with Crippen molar-refractivity contribution in [2.45, 2.75) is 25.9 Å². The van der Waals surface area contributed by atoms with Gasteiger partial charge in [0.25, 0.3) is 0 Å². The smallest absolute Gasteiger partial charge is 0.129 e. The van der Waals surface area contributed by atoms with Crippen molar-refractivity contribution in [2.24, 2.45) is 0 Å². The molecule has 3 heteroatoms. The van der Waals surface area contributed by atoms with E-state index in [9.17, 15) is 9.50 Å². The highest BCUT2D eigenvalue weighted by Gasteiger charge is 2.32. The summed E-state index contributed by atoms with van der Waals surface area (Å²) in [6, 6.07) is 8.33. The molecule has 0 fully saturated rings. The SMILES string of the molecule is CCC(O)(c1csc(C)c1)c1ccccc1F. The third-order valence-corrected chi connectivity index (χ3v) is 3.90. The van der Waals surface area contributed by atoms with Gasteiger partial charge in [0.2, 0.25) is 0 Å². The molecule has 90 valence electrons. The standard InChI is InChI=1S/C14H15FOS/c1-3-14(16,11-8-10(2)17-9-11)12-6-4-5-7-13(12)15/h4-9,16H,3H2,1-2H3. The minimum atomic E-state index is -1.23. The van der Waals surface area contributed by atoms with Crippen LogP contribution >= 0.6 is 11.3 Å². The van der Waals surface area contributed by atoms with E-state index in [2.05, 4.69) is 0 Å². The third-order valence-electron chi connectivity index (χ3n) is 3.04. The second-order valence-electron chi connectivity index (χ2n) is 4.14. The molecule has 1 aromatic heterocycles. The van der Waals surface area contributed by atoms with Crippen molar-refractivity contribution < 1.29 is 9.50 Å².